The summed E-state index contributed by atoms with van der Waals surface area (Å²) in [7, 11) is 0. The standard InChI is InChI=1S/C16H19N/c1-3-17-13(2)8-9-14-10-11-15-6-4-5-7-16(15)12-14/h4-13,17H,3H2,1-2H3/b9-8+. The highest BCUT2D eigenvalue weighted by molar-refractivity contribution is 5.84. The molecule has 0 aliphatic carbocycles. The molecule has 0 spiro atoms. The van der Waals surface area contributed by atoms with Crippen LogP contribution in [0, 0.1) is 0 Å². The van der Waals surface area contributed by atoms with Gasteiger partial charge in [0.1, 0.15) is 0 Å². The topological polar surface area (TPSA) is 12.0 Å². The monoisotopic (exact) mass is 225 g/mol. The molecule has 88 valence electrons. The van der Waals surface area contributed by atoms with Crippen LogP contribution < -0.4 is 5.32 Å². The lowest BCUT2D eigenvalue weighted by Gasteiger charge is -2.06. The molecule has 0 saturated carbocycles. The minimum Gasteiger partial charge on any atom is -0.311 e. The van der Waals surface area contributed by atoms with Gasteiger partial charge in [0.05, 0.1) is 0 Å². The zero-order valence-corrected chi connectivity index (χ0v) is 10.5. The van der Waals surface area contributed by atoms with Gasteiger partial charge in [-0.1, -0.05) is 55.5 Å². The largest absolute Gasteiger partial charge is 0.311 e. The molecule has 2 aromatic carbocycles. The summed E-state index contributed by atoms with van der Waals surface area (Å²) >= 11 is 0. The fourth-order valence-corrected chi connectivity index (χ4v) is 1.96. The molecule has 0 saturated heterocycles. The Hall–Kier alpha value is -1.60. The lowest BCUT2D eigenvalue weighted by molar-refractivity contribution is 0.663. The minimum absolute atomic E-state index is 0.423. The molecule has 0 bridgehead atoms. The highest BCUT2D eigenvalue weighted by Crippen LogP contribution is 2.16. The average Bonchev–Trinajstić information content (AvgIpc) is 2.36. The molecule has 0 radical (unpaired) electrons. The number of likely N-dealkylation sites (N-methyl/N-ethyl adjacent to an activating group) is 1. The van der Waals surface area contributed by atoms with Gasteiger partial charge < -0.3 is 5.32 Å². The Morgan fingerprint density at radius 2 is 1.88 bits per heavy atom. The van der Waals surface area contributed by atoms with Crippen LogP contribution in [0.1, 0.15) is 19.4 Å². The Morgan fingerprint density at radius 1 is 1.12 bits per heavy atom. The van der Waals surface area contributed by atoms with E-state index in [9.17, 15) is 0 Å². The summed E-state index contributed by atoms with van der Waals surface area (Å²) in [4.78, 5) is 0. The van der Waals surface area contributed by atoms with Crippen molar-refractivity contribution in [1.29, 1.82) is 0 Å². The lowest BCUT2D eigenvalue weighted by atomic mass is 10.1. The quantitative estimate of drug-likeness (QED) is 0.833. The van der Waals surface area contributed by atoms with Crippen LogP contribution >= 0.6 is 0 Å². The first-order chi connectivity index (χ1) is 8.29. The van der Waals surface area contributed by atoms with Gasteiger partial charge >= 0.3 is 0 Å². The van der Waals surface area contributed by atoms with Gasteiger partial charge in [0, 0.05) is 6.04 Å². The Bertz CT molecular complexity index is 514. The SMILES string of the molecule is CCNC(C)/C=C/c1ccc2ccccc2c1. The maximum atomic E-state index is 3.37. The summed E-state index contributed by atoms with van der Waals surface area (Å²) in [6.07, 6.45) is 4.38. The van der Waals surface area contributed by atoms with E-state index >= 15 is 0 Å². The summed E-state index contributed by atoms with van der Waals surface area (Å²) in [5.41, 5.74) is 1.26. The number of benzene rings is 2. The van der Waals surface area contributed by atoms with Crippen molar-refractivity contribution >= 4 is 16.8 Å². The van der Waals surface area contributed by atoms with E-state index in [1.165, 1.54) is 16.3 Å². The van der Waals surface area contributed by atoms with E-state index in [2.05, 4.69) is 73.8 Å². The van der Waals surface area contributed by atoms with E-state index in [0.717, 1.165) is 6.54 Å². The van der Waals surface area contributed by atoms with Crippen LogP contribution in [0.25, 0.3) is 16.8 Å². The van der Waals surface area contributed by atoms with E-state index in [1.54, 1.807) is 0 Å². The van der Waals surface area contributed by atoms with Crippen molar-refractivity contribution < 1.29 is 0 Å². The molecule has 0 aromatic heterocycles. The molecule has 2 rings (SSSR count). The van der Waals surface area contributed by atoms with Crippen molar-refractivity contribution in [3.8, 4) is 0 Å². The van der Waals surface area contributed by atoms with Crippen LogP contribution in [-0.2, 0) is 0 Å². The van der Waals surface area contributed by atoms with E-state index in [1.807, 2.05) is 0 Å². The highest BCUT2D eigenvalue weighted by Gasteiger charge is 1.95. The summed E-state index contributed by atoms with van der Waals surface area (Å²) in [5.74, 6) is 0. The third-order valence-corrected chi connectivity index (χ3v) is 2.88. The Labute approximate surface area is 103 Å². The number of rotatable bonds is 4. The molecule has 1 heteroatoms. The van der Waals surface area contributed by atoms with Crippen molar-refractivity contribution in [2.24, 2.45) is 0 Å². The molecule has 1 N–H and O–H groups in total. The van der Waals surface area contributed by atoms with Crippen LogP contribution in [0.4, 0.5) is 0 Å². The molecule has 1 nitrogen and oxygen atoms in total. The first-order valence-corrected chi connectivity index (χ1v) is 6.20. The molecule has 17 heavy (non-hydrogen) atoms. The normalized spacial score (nSPS) is 13.3. The van der Waals surface area contributed by atoms with Gasteiger partial charge in [-0.2, -0.15) is 0 Å². The van der Waals surface area contributed by atoms with Crippen molar-refractivity contribution in [3.05, 3.63) is 54.1 Å². The fraction of sp³-hybridized carbons (Fsp3) is 0.250. The number of hydrogen-bond donors (Lipinski definition) is 1. The van der Waals surface area contributed by atoms with Gasteiger partial charge in [0.25, 0.3) is 0 Å². The Kier molecular flexibility index (Phi) is 3.94. The maximum Gasteiger partial charge on any atom is 0.0224 e. The number of fused-ring (bicyclic) bond motifs is 1. The van der Waals surface area contributed by atoms with E-state index in [4.69, 9.17) is 0 Å². The van der Waals surface area contributed by atoms with Gasteiger partial charge in [-0.3, -0.25) is 0 Å². The van der Waals surface area contributed by atoms with Crippen LogP contribution in [0.3, 0.4) is 0 Å². The van der Waals surface area contributed by atoms with Gasteiger partial charge in [-0.15, -0.1) is 0 Å². The second kappa shape index (κ2) is 5.65. The molecule has 2 aromatic rings. The maximum absolute atomic E-state index is 3.37. The molecule has 1 atom stereocenters. The summed E-state index contributed by atoms with van der Waals surface area (Å²) < 4.78 is 0. The lowest BCUT2D eigenvalue weighted by Crippen LogP contribution is -2.22. The molecule has 0 amide bonds. The molecule has 0 aliphatic heterocycles. The molecule has 0 aliphatic rings. The highest BCUT2D eigenvalue weighted by atomic mass is 14.9. The Balaban J connectivity index is 2.19. The second-order valence-electron chi connectivity index (χ2n) is 4.31. The molecular formula is C16H19N. The zero-order chi connectivity index (χ0) is 12.1. The smallest absolute Gasteiger partial charge is 0.0224 e. The van der Waals surface area contributed by atoms with Gasteiger partial charge in [0.15, 0.2) is 0 Å². The first kappa shape index (κ1) is 11.9. The van der Waals surface area contributed by atoms with Crippen LogP contribution in [0.15, 0.2) is 48.5 Å². The summed E-state index contributed by atoms with van der Waals surface area (Å²) in [6, 6.07) is 15.4. The zero-order valence-electron chi connectivity index (χ0n) is 10.5. The van der Waals surface area contributed by atoms with E-state index in [-0.39, 0.29) is 0 Å². The average molecular weight is 225 g/mol. The van der Waals surface area contributed by atoms with E-state index < -0.39 is 0 Å². The van der Waals surface area contributed by atoms with Crippen molar-refractivity contribution in [1.82, 2.24) is 5.32 Å². The van der Waals surface area contributed by atoms with Crippen molar-refractivity contribution in [2.75, 3.05) is 6.54 Å². The number of hydrogen-bond acceptors (Lipinski definition) is 1. The molecular weight excluding hydrogens is 206 g/mol. The van der Waals surface area contributed by atoms with Crippen LogP contribution in [-0.4, -0.2) is 12.6 Å². The van der Waals surface area contributed by atoms with Crippen LogP contribution in [0.2, 0.25) is 0 Å². The van der Waals surface area contributed by atoms with Crippen molar-refractivity contribution in [3.63, 3.8) is 0 Å². The van der Waals surface area contributed by atoms with Crippen LogP contribution in [0.5, 0.6) is 0 Å². The van der Waals surface area contributed by atoms with Gasteiger partial charge in [0.2, 0.25) is 0 Å². The fourth-order valence-electron chi connectivity index (χ4n) is 1.96. The van der Waals surface area contributed by atoms with E-state index in [0.29, 0.717) is 6.04 Å². The predicted molar refractivity (Wildman–Crippen MR) is 76.1 cm³/mol. The Morgan fingerprint density at radius 3 is 2.65 bits per heavy atom. The van der Waals surface area contributed by atoms with Gasteiger partial charge in [-0.25, -0.2) is 0 Å². The molecule has 1 unspecified atom stereocenters. The summed E-state index contributed by atoms with van der Waals surface area (Å²) in [5, 5.41) is 5.96. The van der Waals surface area contributed by atoms with Gasteiger partial charge in [-0.05, 0) is 35.9 Å². The van der Waals surface area contributed by atoms with Crippen molar-refractivity contribution in [2.45, 2.75) is 19.9 Å². The predicted octanol–water partition coefficient (Wildman–Crippen LogP) is 3.85. The molecule has 0 heterocycles. The number of nitrogens with one attached hydrogen (secondary N) is 1. The second-order valence-corrected chi connectivity index (χ2v) is 4.31. The minimum atomic E-state index is 0.423. The summed E-state index contributed by atoms with van der Waals surface area (Å²) in [6.45, 7) is 5.30. The third kappa shape index (κ3) is 3.18. The molecule has 0 fully saturated rings. The first-order valence-electron chi connectivity index (χ1n) is 6.20. The third-order valence-electron chi connectivity index (χ3n) is 2.88.